The number of rotatable bonds is 7. The largest absolute Gasteiger partial charge is 0.462 e. The molecule has 1 aromatic rings. The second kappa shape index (κ2) is 9.00. The smallest absolute Gasteiger partial charge is 0.407 e. The van der Waals surface area contributed by atoms with Crippen LogP contribution >= 0.6 is 0 Å². The third kappa shape index (κ3) is 6.78. The fourth-order valence-corrected chi connectivity index (χ4v) is 2.09. The zero-order valence-electron chi connectivity index (χ0n) is 15.0. The van der Waals surface area contributed by atoms with Crippen molar-refractivity contribution in [2.24, 2.45) is 5.18 Å². The number of carbonyl (C=O) groups is 2. The van der Waals surface area contributed by atoms with Gasteiger partial charge in [0, 0.05) is 17.8 Å². The molecule has 25 heavy (non-hydrogen) atoms. The first-order valence-corrected chi connectivity index (χ1v) is 8.03. The zero-order valence-corrected chi connectivity index (χ0v) is 15.0. The zero-order chi connectivity index (χ0) is 19.0. The number of nitrogen functional groups attached to an aromatic ring is 1. The number of alkyl carbamates (subject to hydrolysis) is 1. The van der Waals surface area contributed by atoms with Crippen LogP contribution in [-0.4, -0.2) is 30.8 Å². The van der Waals surface area contributed by atoms with Gasteiger partial charge in [-0.15, -0.1) is 0 Å². The minimum absolute atomic E-state index is 0.175. The highest BCUT2D eigenvalue weighted by Crippen LogP contribution is 2.27. The predicted octanol–water partition coefficient (Wildman–Crippen LogP) is 3.17. The van der Waals surface area contributed by atoms with E-state index < -0.39 is 23.7 Å². The molecule has 1 amide bonds. The maximum absolute atomic E-state index is 11.8. The lowest BCUT2D eigenvalue weighted by Crippen LogP contribution is -2.33. The monoisotopic (exact) mass is 351 g/mol. The first-order chi connectivity index (χ1) is 11.7. The number of nitrogens with two attached hydrogens (primary N) is 1. The van der Waals surface area contributed by atoms with E-state index in [2.05, 4.69) is 10.5 Å². The molecule has 0 saturated heterocycles. The van der Waals surface area contributed by atoms with Gasteiger partial charge in [0.15, 0.2) is 0 Å². The van der Waals surface area contributed by atoms with E-state index in [9.17, 15) is 14.5 Å². The highest BCUT2D eigenvalue weighted by Gasteiger charge is 2.20. The van der Waals surface area contributed by atoms with Crippen LogP contribution in [0.25, 0.3) is 0 Å². The quantitative estimate of drug-likeness (QED) is 0.442. The molecule has 8 nitrogen and oxygen atoms in total. The first kappa shape index (κ1) is 20.4. The summed E-state index contributed by atoms with van der Waals surface area (Å²) in [5.74, 6) is -0.500. The van der Waals surface area contributed by atoms with E-state index in [1.807, 2.05) is 0 Å². The molecule has 1 aromatic carbocycles. The Bertz CT molecular complexity index is 625. The van der Waals surface area contributed by atoms with Crippen LogP contribution in [0.2, 0.25) is 0 Å². The minimum Gasteiger partial charge on any atom is -0.462 e. The maximum atomic E-state index is 11.8. The number of nitrogens with zero attached hydrogens (tertiary/aromatic N) is 1. The fraction of sp³-hybridized carbons (Fsp3) is 0.529. The first-order valence-electron chi connectivity index (χ1n) is 8.03. The molecule has 0 spiro atoms. The molecule has 1 atom stereocenters. The average Bonchev–Trinajstić information content (AvgIpc) is 2.51. The molecule has 0 fully saturated rings. The van der Waals surface area contributed by atoms with Crippen molar-refractivity contribution in [2.45, 2.75) is 45.8 Å². The van der Waals surface area contributed by atoms with Crippen LogP contribution in [0.15, 0.2) is 23.4 Å². The van der Waals surface area contributed by atoms with E-state index in [0.717, 1.165) is 0 Å². The summed E-state index contributed by atoms with van der Waals surface area (Å²) in [6, 6.07) is 3.75. The summed E-state index contributed by atoms with van der Waals surface area (Å²) in [6.07, 6.45) is -0.357. The number of ether oxygens (including phenoxy) is 2. The van der Waals surface area contributed by atoms with Crippen molar-refractivity contribution in [3.05, 3.63) is 34.2 Å². The Kier molecular flexibility index (Phi) is 7.35. The number of anilines is 1. The SMILES string of the molecule is CCOC(=O)c1ccc(N)c(C(CCNC(=O)OC(C)(C)C)N=O)c1. The van der Waals surface area contributed by atoms with Gasteiger partial charge in [0.25, 0.3) is 0 Å². The highest BCUT2D eigenvalue weighted by atomic mass is 16.6. The van der Waals surface area contributed by atoms with Gasteiger partial charge < -0.3 is 20.5 Å². The van der Waals surface area contributed by atoms with Gasteiger partial charge in [0.05, 0.1) is 12.2 Å². The lowest BCUT2D eigenvalue weighted by atomic mass is 10.00. The number of hydrogen-bond acceptors (Lipinski definition) is 7. The molecule has 0 bridgehead atoms. The molecule has 0 radical (unpaired) electrons. The van der Waals surface area contributed by atoms with E-state index >= 15 is 0 Å². The van der Waals surface area contributed by atoms with Gasteiger partial charge in [-0.1, -0.05) is 5.18 Å². The van der Waals surface area contributed by atoms with Crippen molar-refractivity contribution >= 4 is 17.7 Å². The van der Waals surface area contributed by atoms with E-state index in [1.54, 1.807) is 27.7 Å². The van der Waals surface area contributed by atoms with Gasteiger partial charge in [-0.25, -0.2) is 9.59 Å². The Labute approximate surface area is 147 Å². The molecule has 3 N–H and O–H groups in total. The van der Waals surface area contributed by atoms with Crippen LogP contribution in [0.4, 0.5) is 10.5 Å². The molecular formula is C17H25N3O5. The third-order valence-electron chi connectivity index (χ3n) is 3.17. The molecule has 0 aromatic heterocycles. The van der Waals surface area contributed by atoms with Crippen molar-refractivity contribution < 1.29 is 19.1 Å². The minimum atomic E-state index is -0.802. The topological polar surface area (TPSA) is 120 Å². The number of nitrogens with one attached hydrogen (secondary N) is 1. The molecule has 1 unspecified atom stereocenters. The molecule has 0 aliphatic carbocycles. The summed E-state index contributed by atoms with van der Waals surface area (Å²) in [7, 11) is 0. The maximum Gasteiger partial charge on any atom is 0.407 e. The lowest BCUT2D eigenvalue weighted by Gasteiger charge is -2.20. The van der Waals surface area contributed by atoms with E-state index in [1.165, 1.54) is 18.2 Å². The van der Waals surface area contributed by atoms with Crippen LogP contribution < -0.4 is 11.1 Å². The molecule has 0 aliphatic heterocycles. The van der Waals surface area contributed by atoms with E-state index in [4.69, 9.17) is 15.2 Å². The van der Waals surface area contributed by atoms with Crippen molar-refractivity contribution in [3.8, 4) is 0 Å². The Morgan fingerprint density at radius 2 is 2.00 bits per heavy atom. The standard InChI is InChI=1S/C17H25N3O5/c1-5-24-15(21)11-6-7-13(18)12(10-11)14(20-23)8-9-19-16(22)25-17(2,3)4/h6-7,10,14H,5,8-9,18H2,1-4H3,(H,19,22). The summed E-state index contributed by atoms with van der Waals surface area (Å²) >= 11 is 0. The number of hydrogen-bond donors (Lipinski definition) is 2. The summed E-state index contributed by atoms with van der Waals surface area (Å²) in [5.41, 5.74) is 6.34. The van der Waals surface area contributed by atoms with Crippen LogP contribution in [0.3, 0.4) is 0 Å². The third-order valence-corrected chi connectivity index (χ3v) is 3.17. The van der Waals surface area contributed by atoms with E-state index in [0.29, 0.717) is 16.8 Å². The predicted molar refractivity (Wildman–Crippen MR) is 94.2 cm³/mol. The number of carbonyl (C=O) groups excluding carboxylic acids is 2. The Balaban J connectivity index is 2.76. The van der Waals surface area contributed by atoms with Crippen molar-refractivity contribution in [2.75, 3.05) is 18.9 Å². The van der Waals surface area contributed by atoms with Crippen molar-refractivity contribution in [1.29, 1.82) is 0 Å². The number of esters is 1. The summed E-state index contributed by atoms with van der Waals surface area (Å²) < 4.78 is 10.0. The highest BCUT2D eigenvalue weighted by molar-refractivity contribution is 5.90. The Morgan fingerprint density at radius 3 is 2.56 bits per heavy atom. The lowest BCUT2D eigenvalue weighted by molar-refractivity contribution is 0.0516. The van der Waals surface area contributed by atoms with Crippen molar-refractivity contribution in [3.63, 3.8) is 0 Å². The normalized spacial score (nSPS) is 12.2. The van der Waals surface area contributed by atoms with Gasteiger partial charge >= 0.3 is 12.1 Å². The summed E-state index contributed by atoms with van der Waals surface area (Å²) in [6.45, 7) is 7.38. The van der Waals surface area contributed by atoms with Gasteiger partial charge in [0.1, 0.15) is 11.6 Å². The summed E-state index contributed by atoms with van der Waals surface area (Å²) in [4.78, 5) is 34.6. The van der Waals surface area contributed by atoms with Gasteiger partial charge in [-0.05, 0) is 52.3 Å². The molecule has 0 saturated carbocycles. The number of benzene rings is 1. The molecule has 138 valence electrons. The molecule has 1 rings (SSSR count). The fourth-order valence-electron chi connectivity index (χ4n) is 2.09. The van der Waals surface area contributed by atoms with Crippen LogP contribution in [0.5, 0.6) is 0 Å². The van der Waals surface area contributed by atoms with Crippen molar-refractivity contribution in [1.82, 2.24) is 5.32 Å². The van der Waals surface area contributed by atoms with E-state index in [-0.39, 0.29) is 19.6 Å². The molecular weight excluding hydrogens is 326 g/mol. The van der Waals surface area contributed by atoms with Crippen LogP contribution in [0, 0.1) is 4.91 Å². The second-order valence-electron chi connectivity index (χ2n) is 6.40. The summed E-state index contributed by atoms with van der Waals surface area (Å²) in [5, 5.41) is 5.62. The second-order valence-corrected chi connectivity index (χ2v) is 6.40. The van der Waals surface area contributed by atoms with Gasteiger partial charge in [-0.3, -0.25) is 0 Å². The van der Waals surface area contributed by atoms with Gasteiger partial charge in [-0.2, -0.15) is 4.91 Å². The molecule has 8 heteroatoms. The Morgan fingerprint density at radius 1 is 1.32 bits per heavy atom. The molecule has 0 aliphatic rings. The Hall–Kier alpha value is -2.64. The molecule has 0 heterocycles. The van der Waals surface area contributed by atoms with Crippen LogP contribution in [0.1, 0.15) is 56.1 Å². The number of amides is 1. The average molecular weight is 351 g/mol. The van der Waals surface area contributed by atoms with Crippen LogP contribution in [-0.2, 0) is 9.47 Å². The number of nitroso groups, excluding NO2 is 1. The van der Waals surface area contributed by atoms with Gasteiger partial charge in [0.2, 0.25) is 0 Å².